The number of ether oxygens (including phenoxy) is 1. The summed E-state index contributed by atoms with van der Waals surface area (Å²) in [6.45, 7) is 7.97. The Bertz CT molecular complexity index is 1080. The van der Waals surface area contributed by atoms with E-state index in [-0.39, 0.29) is 5.91 Å². The Morgan fingerprint density at radius 1 is 1.15 bits per heavy atom. The fourth-order valence-corrected chi connectivity index (χ4v) is 4.52. The van der Waals surface area contributed by atoms with Crippen LogP contribution in [-0.2, 0) is 17.8 Å². The van der Waals surface area contributed by atoms with E-state index in [0.29, 0.717) is 25.6 Å². The van der Waals surface area contributed by atoms with Crippen molar-refractivity contribution in [2.45, 2.75) is 13.0 Å². The number of aromatic nitrogens is 2. The molecule has 33 heavy (non-hydrogen) atoms. The number of carbonyl (C=O) groups is 1. The van der Waals surface area contributed by atoms with Gasteiger partial charge in [0.1, 0.15) is 5.82 Å². The number of benzene rings is 1. The summed E-state index contributed by atoms with van der Waals surface area (Å²) in [5.74, 6) is 0.911. The lowest BCUT2D eigenvalue weighted by molar-refractivity contribution is -0.126. The molecule has 2 aliphatic heterocycles. The monoisotopic (exact) mass is 509 g/mol. The number of amides is 1. The first-order valence-corrected chi connectivity index (χ1v) is 11.8. The number of nitrogens with zero attached hydrogens (tertiary/aromatic N) is 5. The molecule has 0 N–H and O–H groups in total. The lowest BCUT2D eigenvalue weighted by Gasteiger charge is -2.37. The molecule has 0 spiro atoms. The molecule has 0 aliphatic carbocycles. The van der Waals surface area contributed by atoms with Crippen LogP contribution in [-0.4, -0.2) is 65.5 Å². The fourth-order valence-electron chi connectivity index (χ4n) is 4.10. The van der Waals surface area contributed by atoms with Crippen molar-refractivity contribution in [2.24, 2.45) is 0 Å². The van der Waals surface area contributed by atoms with Gasteiger partial charge in [-0.2, -0.15) is 9.97 Å². The van der Waals surface area contributed by atoms with E-state index in [1.54, 1.807) is 7.11 Å². The number of hydrogen-bond acceptors (Lipinski definition) is 6. The van der Waals surface area contributed by atoms with Crippen LogP contribution in [0.5, 0.6) is 6.01 Å². The molecule has 1 saturated heterocycles. The van der Waals surface area contributed by atoms with E-state index in [9.17, 15) is 4.79 Å². The molecule has 1 aromatic carbocycles. The smallest absolute Gasteiger partial charge is 0.318 e. The predicted octanol–water partition coefficient (Wildman–Crippen LogP) is 3.67. The van der Waals surface area contributed by atoms with Crippen LogP contribution in [0.2, 0.25) is 0 Å². The van der Waals surface area contributed by atoms with Crippen molar-refractivity contribution in [2.75, 3.05) is 44.7 Å². The first kappa shape index (κ1) is 23.0. The van der Waals surface area contributed by atoms with E-state index in [4.69, 9.17) is 4.74 Å². The van der Waals surface area contributed by atoms with E-state index in [2.05, 4.69) is 72.8 Å². The number of carbonyl (C=O) groups excluding carboxylic acids is 1. The SMILES string of the molecule is C=CC(=O)N1CCN(c2nc(OC)nc3c2CCN(/C=C/C=C\c2cccc(Br)c2)C3)CC1. The standard InChI is InChI=1S/C25H28BrN5O2/c1-3-23(32)30-13-15-31(16-14-30)24-21-10-12-29(18-22(21)27-25(28-24)33-2)11-5-4-7-19-8-6-9-20(26)17-19/h3-9,11,17H,1,10,12-16,18H2,2H3/b7-4-,11-5+. The maximum absolute atomic E-state index is 11.9. The number of anilines is 1. The Balaban J connectivity index is 1.45. The normalized spacial score (nSPS) is 16.4. The third-order valence-corrected chi connectivity index (χ3v) is 6.34. The van der Waals surface area contributed by atoms with Crippen LogP contribution in [0.1, 0.15) is 16.8 Å². The molecule has 1 fully saturated rings. The topological polar surface area (TPSA) is 61.8 Å². The van der Waals surface area contributed by atoms with E-state index >= 15 is 0 Å². The minimum atomic E-state index is -0.0201. The number of allylic oxidation sites excluding steroid dienone is 2. The molecular formula is C25H28BrN5O2. The molecule has 0 radical (unpaired) electrons. The van der Waals surface area contributed by atoms with Gasteiger partial charge in [-0.3, -0.25) is 4.79 Å². The summed E-state index contributed by atoms with van der Waals surface area (Å²) in [5.41, 5.74) is 3.32. The zero-order valence-electron chi connectivity index (χ0n) is 18.8. The molecule has 2 aliphatic rings. The molecule has 1 aromatic heterocycles. The molecule has 0 atom stereocenters. The molecule has 3 heterocycles. The summed E-state index contributed by atoms with van der Waals surface area (Å²) >= 11 is 3.50. The average molecular weight is 510 g/mol. The summed E-state index contributed by atoms with van der Waals surface area (Å²) in [4.78, 5) is 27.5. The lowest BCUT2D eigenvalue weighted by Crippen LogP contribution is -2.49. The Morgan fingerprint density at radius 2 is 1.97 bits per heavy atom. The number of methoxy groups -OCH3 is 1. The van der Waals surface area contributed by atoms with Gasteiger partial charge in [0.15, 0.2) is 0 Å². The summed E-state index contributed by atoms with van der Waals surface area (Å²) in [7, 11) is 1.60. The van der Waals surface area contributed by atoms with Crippen molar-refractivity contribution >= 4 is 33.7 Å². The van der Waals surface area contributed by atoms with E-state index in [1.807, 2.05) is 23.1 Å². The maximum atomic E-state index is 11.9. The van der Waals surface area contributed by atoms with Crippen molar-refractivity contribution < 1.29 is 9.53 Å². The highest BCUT2D eigenvalue weighted by molar-refractivity contribution is 9.10. The fraction of sp³-hybridized carbons (Fsp3) is 0.320. The summed E-state index contributed by atoms with van der Waals surface area (Å²) in [6, 6.07) is 8.58. The van der Waals surface area contributed by atoms with Gasteiger partial charge in [-0.25, -0.2) is 0 Å². The Morgan fingerprint density at radius 3 is 2.70 bits per heavy atom. The Kier molecular flexibility index (Phi) is 7.44. The van der Waals surface area contributed by atoms with E-state index in [0.717, 1.165) is 47.6 Å². The molecule has 4 rings (SSSR count). The molecule has 2 aromatic rings. The molecule has 172 valence electrons. The molecule has 0 unspecified atom stereocenters. The third kappa shape index (κ3) is 5.63. The predicted molar refractivity (Wildman–Crippen MR) is 134 cm³/mol. The highest BCUT2D eigenvalue weighted by atomic mass is 79.9. The number of halogens is 1. The quantitative estimate of drug-likeness (QED) is 0.437. The summed E-state index contributed by atoms with van der Waals surface area (Å²) in [5, 5.41) is 0. The highest BCUT2D eigenvalue weighted by Gasteiger charge is 2.27. The summed E-state index contributed by atoms with van der Waals surface area (Å²) in [6.07, 6.45) is 10.5. The van der Waals surface area contributed by atoms with Gasteiger partial charge in [-0.05, 0) is 42.5 Å². The van der Waals surface area contributed by atoms with Crippen LogP contribution in [0.3, 0.4) is 0 Å². The van der Waals surface area contributed by atoms with Crippen molar-refractivity contribution in [1.29, 1.82) is 0 Å². The summed E-state index contributed by atoms with van der Waals surface area (Å²) < 4.78 is 6.47. The van der Waals surface area contributed by atoms with Crippen LogP contribution in [0.4, 0.5) is 5.82 Å². The maximum Gasteiger partial charge on any atom is 0.318 e. The molecule has 0 bridgehead atoms. The van der Waals surface area contributed by atoms with Crippen molar-refractivity contribution in [3.63, 3.8) is 0 Å². The van der Waals surface area contributed by atoms with Gasteiger partial charge in [0.2, 0.25) is 5.91 Å². The second-order valence-electron chi connectivity index (χ2n) is 7.95. The zero-order chi connectivity index (χ0) is 23.2. The number of fused-ring (bicyclic) bond motifs is 1. The second-order valence-corrected chi connectivity index (χ2v) is 8.87. The van der Waals surface area contributed by atoms with Crippen molar-refractivity contribution in [1.82, 2.24) is 19.8 Å². The Labute approximate surface area is 203 Å². The number of rotatable bonds is 6. The minimum absolute atomic E-state index is 0.0201. The number of piperazine rings is 1. The van der Waals surface area contributed by atoms with Gasteiger partial charge in [0.25, 0.3) is 0 Å². The molecule has 7 nitrogen and oxygen atoms in total. The molecule has 1 amide bonds. The van der Waals surface area contributed by atoms with Crippen molar-refractivity contribution in [3.8, 4) is 6.01 Å². The minimum Gasteiger partial charge on any atom is -0.467 e. The zero-order valence-corrected chi connectivity index (χ0v) is 20.4. The van der Waals surface area contributed by atoms with Gasteiger partial charge < -0.3 is 19.4 Å². The average Bonchev–Trinajstić information content (AvgIpc) is 2.85. The van der Waals surface area contributed by atoms with E-state index < -0.39 is 0 Å². The van der Waals surface area contributed by atoms with Gasteiger partial charge in [-0.15, -0.1) is 0 Å². The van der Waals surface area contributed by atoms with Crippen LogP contribution in [0.25, 0.3) is 6.08 Å². The second kappa shape index (κ2) is 10.7. The van der Waals surface area contributed by atoms with Crippen LogP contribution >= 0.6 is 15.9 Å². The van der Waals surface area contributed by atoms with Crippen LogP contribution in [0, 0.1) is 0 Å². The van der Waals surface area contributed by atoms with Crippen LogP contribution < -0.4 is 9.64 Å². The Hall–Kier alpha value is -3.13. The van der Waals surface area contributed by atoms with Gasteiger partial charge in [0, 0.05) is 42.8 Å². The molecular weight excluding hydrogens is 482 g/mol. The molecule has 8 heteroatoms. The van der Waals surface area contributed by atoms with Gasteiger partial charge in [0.05, 0.1) is 19.3 Å². The third-order valence-electron chi connectivity index (χ3n) is 5.85. The van der Waals surface area contributed by atoms with Crippen molar-refractivity contribution in [3.05, 3.63) is 76.6 Å². The van der Waals surface area contributed by atoms with Gasteiger partial charge in [-0.1, -0.05) is 46.8 Å². The first-order chi connectivity index (χ1) is 16.1. The highest BCUT2D eigenvalue weighted by Crippen LogP contribution is 2.29. The van der Waals surface area contributed by atoms with Gasteiger partial charge >= 0.3 is 6.01 Å². The van der Waals surface area contributed by atoms with E-state index in [1.165, 1.54) is 11.6 Å². The largest absolute Gasteiger partial charge is 0.467 e. The lowest BCUT2D eigenvalue weighted by atomic mass is 10.0. The number of hydrogen-bond donors (Lipinski definition) is 0. The van der Waals surface area contributed by atoms with Crippen LogP contribution in [0.15, 0.2) is 59.7 Å². The first-order valence-electron chi connectivity index (χ1n) is 11.0. The molecule has 0 saturated carbocycles.